The van der Waals surface area contributed by atoms with E-state index in [1.807, 2.05) is 62.3 Å². The number of rotatable bonds is 9. The molecule has 0 aliphatic carbocycles. The Kier molecular flexibility index (Phi) is 7.92. The van der Waals surface area contributed by atoms with Gasteiger partial charge in [0.05, 0.1) is 4.90 Å². The summed E-state index contributed by atoms with van der Waals surface area (Å²) in [5.41, 5.74) is 2.64. The van der Waals surface area contributed by atoms with E-state index < -0.39 is 10.0 Å². The molecule has 1 amide bonds. The number of hydrogen-bond donors (Lipinski definition) is 2. The van der Waals surface area contributed by atoms with Gasteiger partial charge in [-0.1, -0.05) is 52.3 Å². The second-order valence-corrected chi connectivity index (χ2v) is 10.9. The quantitative estimate of drug-likeness (QED) is 0.324. The predicted molar refractivity (Wildman–Crippen MR) is 134 cm³/mol. The second kappa shape index (κ2) is 10.5. The summed E-state index contributed by atoms with van der Waals surface area (Å²) in [6.45, 7) is 2.63. The predicted octanol–water partition coefficient (Wildman–Crippen LogP) is 4.46. The van der Waals surface area contributed by atoms with E-state index in [4.69, 9.17) is 0 Å². The van der Waals surface area contributed by atoms with Gasteiger partial charge in [-0.2, -0.15) is 0 Å². The number of carbonyl (C=O) groups is 1. The summed E-state index contributed by atoms with van der Waals surface area (Å²) in [5, 5.41) is 4.40. The third-order valence-corrected chi connectivity index (χ3v) is 7.24. The lowest BCUT2D eigenvalue weighted by molar-refractivity contribution is 0.0953. The van der Waals surface area contributed by atoms with Gasteiger partial charge in [0.2, 0.25) is 10.0 Å². The smallest absolute Gasteiger partial charge is 0.251 e. The zero-order valence-corrected chi connectivity index (χ0v) is 20.8. The highest BCUT2D eigenvalue weighted by atomic mass is 79.9. The molecule has 0 fully saturated rings. The van der Waals surface area contributed by atoms with Crippen LogP contribution in [-0.4, -0.2) is 41.5 Å². The summed E-state index contributed by atoms with van der Waals surface area (Å²) < 4.78 is 28.5. The molecule has 6 nitrogen and oxygen atoms in total. The van der Waals surface area contributed by atoms with Crippen molar-refractivity contribution in [2.45, 2.75) is 23.1 Å². The Morgan fingerprint density at radius 1 is 0.969 bits per heavy atom. The van der Waals surface area contributed by atoms with E-state index in [0.29, 0.717) is 23.9 Å². The largest absolute Gasteiger partial charge is 0.377 e. The van der Waals surface area contributed by atoms with Gasteiger partial charge in [-0.25, -0.2) is 13.1 Å². The number of nitrogens with zero attached hydrogens (tertiary/aromatic N) is 1. The van der Waals surface area contributed by atoms with Crippen molar-refractivity contribution in [2.75, 3.05) is 32.1 Å². The molecular weight excluding hydrogens is 490 g/mol. The van der Waals surface area contributed by atoms with Crippen LogP contribution in [0.2, 0.25) is 0 Å². The van der Waals surface area contributed by atoms with Gasteiger partial charge >= 0.3 is 0 Å². The fourth-order valence-electron chi connectivity index (χ4n) is 3.47. The molecule has 0 aromatic heterocycles. The summed E-state index contributed by atoms with van der Waals surface area (Å²) in [7, 11) is 0.178. The third kappa shape index (κ3) is 5.68. The van der Waals surface area contributed by atoms with Crippen LogP contribution in [0.15, 0.2) is 65.6 Å². The number of amides is 1. The zero-order valence-electron chi connectivity index (χ0n) is 18.4. The first-order valence-corrected chi connectivity index (χ1v) is 12.8. The number of anilines is 1. The normalized spacial score (nSPS) is 12.5. The lowest BCUT2D eigenvalue weighted by atomic mass is 10.1. The molecule has 0 saturated carbocycles. The second-order valence-electron chi connectivity index (χ2n) is 7.77. The summed E-state index contributed by atoms with van der Waals surface area (Å²) in [6, 6.07) is 18.3. The van der Waals surface area contributed by atoms with Crippen molar-refractivity contribution < 1.29 is 13.2 Å². The Hall–Kier alpha value is -2.42. The number of hydrogen-bond acceptors (Lipinski definition) is 4. The fraction of sp³-hybridized carbons (Fsp3) is 0.292. The molecule has 0 saturated heterocycles. The van der Waals surface area contributed by atoms with Gasteiger partial charge in [-0.3, -0.25) is 4.79 Å². The Balaban J connectivity index is 1.58. The first-order chi connectivity index (χ1) is 15.2. The Morgan fingerprint density at radius 3 is 2.28 bits per heavy atom. The minimum absolute atomic E-state index is 0.174. The van der Waals surface area contributed by atoms with Crippen LogP contribution in [-0.2, 0) is 10.0 Å². The molecule has 0 spiro atoms. The molecule has 2 N–H and O–H groups in total. The number of fused-ring (bicyclic) bond motifs is 1. The van der Waals surface area contributed by atoms with Crippen molar-refractivity contribution in [2.24, 2.45) is 0 Å². The Bertz CT molecular complexity index is 1190. The Morgan fingerprint density at radius 2 is 1.62 bits per heavy atom. The first kappa shape index (κ1) is 24.2. The van der Waals surface area contributed by atoms with Gasteiger partial charge in [0.15, 0.2) is 0 Å². The van der Waals surface area contributed by atoms with Crippen LogP contribution in [0.3, 0.4) is 0 Å². The van der Waals surface area contributed by atoms with E-state index in [9.17, 15) is 13.2 Å². The van der Waals surface area contributed by atoms with Crippen LogP contribution in [0.4, 0.5) is 5.69 Å². The van der Waals surface area contributed by atoms with E-state index in [1.54, 1.807) is 24.3 Å². The van der Waals surface area contributed by atoms with Gasteiger partial charge in [-0.15, -0.1) is 0 Å². The van der Waals surface area contributed by atoms with E-state index in [0.717, 1.165) is 16.6 Å². The van der Waals surface area contributed by atoms with Crippen LogP contribution >= 0.6 is 15.9 Å². The van der Waals surface area contributed by atoms with E-state index in [-0.39, 0.29) is 22.2 Å². The molecule has 0 heterocycles. The number of sulfonamides is 1. The van der Waals surface area contributed by atoms with Gasteiger partial charge in [0.1, 0.15) is 0 Å². The number of carbonyl (C=O) groups excluding carboxylic acids is 1. The number of nitrogens with one attached hydrogen (secondary N) is 2. The van der Waals surface area contributed by atoms with Crippen molar-refractivity contribution in [3.05, 3.63) is 71.8 Å². The standard InChI is InChI=1S/C24H28BrN3O3S/c1-17(25)18-11-13-19(14-12-18)24(29)26-15-6-16-27-32(30,31)23-10-5-7-20-21(23)8-4-9-22(20)28(2)3/h4-5,7-14,17,27H,6,15-16H2,1-3H3,(H,26,29). The molecule has 3 rings (SSSR count). The van der Waals surface area contributed by atoms with Crippen molar-refractivity contribution in [3.8, 4) is 0 Å². The summed E-state index contributed by atoms with van der Waals surface area (Å²) in [4.78, 5) is 14.7. The molecule has 1 unspecified atom stereocenters. The van der Waals surface area contributed by atoms with Crippen molar-refractivity contribution in [1.82, 2.24) is 10.0 Å². The van der Waals surface area contributed by atoms with E-state index in [2.05, 4.69) is 26.0 Å². The van der Waals surface area contributed by atoms with Crippen LogP contribution in [0.25, 0.3) is 10.8 Å². The highest BCUT2D eigenvalue weighted by Gasteiger charge is 2.18. The maximum absolute atomic E-state index is 12.9. The molecule has 3 aromatic rings. The van der Waals surface area contributed by atoms with Crippen molar-refractivity contribution >= 4 is 48.3 Å². The SMILES string of the molecule is CC(Br)c1ccc(C(=O)NCCCNS(=O)(=O)c2cccc3c(N(C)C)cccc23)cc1. The average molecular weight is 518 g/mol. The third-order valence-electron chi connectivity index (χ3n) is 5.19. The van der Waals surface area contributed by atoms with Gasteiger partial charge < -0.3 is 10.2 Å². The highest BCUT2D eigenvalue weighted by molar-refractivity contribution is 9.09. The molecule has 32 heavy (non-hydrogen) atoms. The van der Waals surface area contributed by atoms with Gasteiger partial charge in [-0.05, 0) is 43.2 Å². The molecule has 0 radical (unpaired) electrons. The first-order valence-electron chi connectivity index (χ1n) is 10.4. The number of halogens is 1. The number of benzene rings is 3. The molecule has 0 aliphatic rings. The van der Waals surface area contributed by atoms with Gasteiger partial charge in [0, 0.05) is 54.0 Å². The fourth-order valence-corrected chi connectivity index (χ4v) is 5.06. The molecule has 0 aliphatic heterocycles. The average Bonchev–Trinajstić information content (AvgIpc) is 2.77. The topological polar surface area (TPSA) is 78.5 Å². The molecule has 0 bridgehead atoms. The summed E-state index contributed by atoms with van der Waals surface area (Å²) in [5.74, 6) is -0.174. The summed E-state index contributed by atoms with van der Waals surface area (Å²) in [6.07, 6.45) is 0.481. The molecule has 1 atom stereocenters. The van der Waals surface area contributed by atoms with E-state index in [1.165, 1.54) is 0 Å². The molecule has 170 valence electrons. The molecular formula is C24H28BrN3O3S. The maximum Gasteiger partial charge on any atom is 0.251 e. The monoisotopic (exact) mass is 517 g/mol. The van der Waals surface area contributed by atoms with Crippen molar-refractivity contribution in [3.63, 3.8) is 0 Å². The van der Waals surface area contributed by atoms with Gasteiger partial charge in [0.25, 0.3) is 5.91 Å². The zero-order chi connectivity index (χ0) is 23.3. The lowest BCUT2D eigenvalue weighted by Gasteiger charge is -2.17. The highest BCUT2D eigenvalue weighted by Crippen LogP contribution is 2.30. The maximum atomic E-state index is 12.9. The van der Waals surface area contributed by atoms with Crippen LogP contribution in [0.5, 0.6) is 0 Å². The van der Waals surface area contributed by atoms with Crippen LogP contribution in [0, 0.1) is 0 Å². The van der Waals surface area contributed by atoms with Crippen LogP contribution < -0.4 is 14.9 Å². The molecule has 3 aromatic carbocycles. The van der Waals surface area contributed by atoms with Crippen LogP contribution in [0.1, 0.15) is 34.1 Å². The minimum Gasteiger partial charge on any atom is -0.377 e. The Labute approximate surface area is 198 Å². The lowest BCUT2D eigenvalue weighted by Crippen LogP contribution is -2.30. The summed E-state index contributed by atoms with van der Waals surface area (Å²) >= 11 is 3.50. The number of alkyl halides is 1. The molecule has 8 heteroatoms. The van der Waals surface area contributed by atoms with Crippen molar-refractivity contribution in [1.29, 1.82) is 0 Å². The van der Waals surface area contributed by atoms with E-state index >= 15 is 0 Å². The minimum atomic E-state index is -3.68.